The van der Waals surface area contributed by atoms with Crippen LogP contribution in [0.1, 0.15) is 28.2 Å². The van der Waals surface area contributed by atoms with E-state index in [1.165, 1.54) is 15.3 Å². The number of rotatable bonds is 6. The van der Waals surface area contributed by atoms with Crippen LogP contribution in [0.2, 0.25) is 0 Å². The zero-order chi connectivity index (χ0) is 19.4. The Morgan fingerprint density at radius 3 is 2.79 bits per heavy atom. The molecule has 2 fully saturated rings. The lowest BCUT2D eigenvalue weighted by Crippen LogP contribution is -2.44. The summed E-state index contributed by atoms with van der Waals surface area (Å²) < 4.78 is 5.63. The van der Waals surface area contributed by atoms with Gasteiger partial charge >= 0.3 is 0 Å². The molecule has 1 N–H and O–H groups in total. The molecule has 1 spiro atoms. The molecule has 0 bridgehead atoms. The molecule has 6 heteroatoms. The van der Waals surface area contributed by atoms with Gasteiger partial charge in [-0.1, -0.05) is 0 Å². The lowest BCUT2D eigenvalue weighted by Gasteiger charge is -2.37. The summed E-state index contributed by atoms with van der Waals surface area (Å²) in [4.78, 5) is 22.4. The van der Waals surface area contributed by atoms with Gasteiger partial charge in [-0.2, -0.15) is 0 Å². The Labute approximate surface area is 171 Å². The van der Waals surface area contributed by atoms with Gasteiger partial charge in [0.25, 0.3) is 0 Å². The summed E-state index contributed by atoms with van der Waals surface area (Å²) in [6.07, 6.45) is 6.41. The zero-order valence-corrected chi connectivity index (χ0v) is 17.3. The highest BCUT2D eigenvalue weighted by Crippen LogP contribution is 2.45. The number of carbonyl (C=O) groups is 1. The van der Waals surface area contributed by atoms with E-state index in [1.54, 1.807) is 12.4 Å². The van der Waals surface area contributed by atoms with Crippen molar-refractivity contribution in [1.82, 2.24) is 15.2 Å². The van der Waals surface area contributed by atoms with Gasteiger partial charge in [-0.15, -0.1) is 11.3 Å². The molecule has 0 unspecified atom stereocenters. The molecule has 4 heterocycles. The number of amides is 1. The van der Waals surface area contributed by atoms with Crippen molar-refractivity contribution in [3.8, 4) is 0 Å². The summed E-state index contributed by atoms with van der Waals surface area (Å²) >= 11 is 1.86. The Kier molecular flexibility index (Phi) is 6.09. The minimum atomic E-state index is 0.0508. The Morgan fingerprint density at radius 1 is 1.29 bits per heavy atom. The number of thiophene rings is 1. The molecule has 0 saturated carbocycles. The van der Waals surface area contributed by atoms with Crippen LogP contribution in [-0.4, -0.2) is 48.6 Å². The first-order valence-electron chi connectivity index (χ1n) is 10.2. The molecule has 0 aliphatic carbocycles. The lowest BCUT2D eigenvalue weighted by molar-refractivity contribution is -0.129. The van der Waals surface area contributed by atoms with Gasteiger partial charge in [0.2, 0.25) is 5.91 Å². The Morgan fingerprint density at radius 2 is 2.07 bits per heavy atom. The topological polar surface area (TPSA) is 54.5 Å². The van der Waals surface area contributed by atoms with Gasteiger partial charge in [0.05, 0.1) is 5.92 Å². The summed E-state index contributed by atoms with van der Waals surface area (Å²) in [6.45, 7) is 7.16. The first kappa shape index (κ1) is 19.6. The van der Waals surface area contributed by atoms with Gasteiger partial charge in [-0.3, -0.25) is 14.7 Å². The largest absolute Gasteiger partial charge is 0.381 e. The van der Waals surface area contributed by atoms with Crippen molar-refractivity contribution < 1.29 is 9.53 Å². The van der Waals surface area contributed by atoms with Gasteiger partial charge in [0, 0.05) is 67.0 Å². The van der Waals surface area contributed by atoms with Crippen molar-refractivity contribution in [3.05, 3.63) is 52.0 Å². The Hall–Kier alpha value is -1.76. The minimum absolute atomic E-state index is 0.0508. The van der Waals surface area contributed by atoms with Crippen molar-refractivity contribution in [2.24, 2.45) is 11.3 Å². The number of likely N-dealkylation sites (tertiary alicyclic amines) is 1. The molecule has 28 heavy (non-hydrogen) atoms. The van der Waals surface area contributed by atoms with Crippen LogP contribution in [0.3, 0.4) is 0 Å². The number of carbonyl (C=O) groups excluding carboxylic acids is 1. The van der Waals surface area contributed by atoms with Crippen LogP contribution in [0, 0.1) is 18.3 Å². The van der Waals surface area contributed by atoms with Crippen LogP contribution in [0.5, 0.6) is 0 Å². The second-order valence-electron chi connectivity index (χ2n) is 8.11. The number of aromatic nitrogens is 1. The molecule has 0 radical (unpaired) electrons. The van der Waals surface area contributed by atoms with Crippen LogP contribution in [0.4, 0.5) is 0 Å². The molecule has 2 saturated heterocycles. The molecule has 2 aliphatic heterocycles. The molecule has 1 amide bonds. The maximum absolute atomic E-state index is 13.1. The second kappa shape index (κ2) is 8.72. The van der Waals surface area contributed by atoms with Crippen molar-refractivity contribution in [2.45, 2.75) is 32.7 Å². The van der Waals surface area contributed by atoms with Gasteiger partial charge < -0.3 is 10.1 Å². The quantitative estimate of drug-likeness (QED) is 0.811. The number of nitrogens with zero attached hydrogens (tertiary/aromatic N) is 2. The summed E-state index contributed by atoms with van der Waals surface area (Å²) in [6, 6.07) is 8.42. The number of aryl methyl sites for hydroxylation is 1. The van der Waals surface area contributed by atoms with E-state index in [0.29, 0.717) is 6.54 Å². The third-order valence-corrected chi connectivity index (χ3v) is 7.15. The normalized spacial score (nSPS) is 21.8. The summed E-state index contributed by atoms with van der Waals surface area (Å²) in [7, 11) is 0. The highest BCUT2D eigenvalue weighted by Gasteiger charge is 2.50. The maximum Gasteiger partial charge on any atom is 0.225 e. The lowest BCUT2D eigenvalue weighted by atomic mass is 9.71. The number of hydrogen-bond donors (Lipinski definition) is 1. The van der Waals surface area contributed by atoms with Crippen LogP contribution in [-0.2, 0) is 22.5 Å². The standard InChI is InChI=1S/C22H29N3O2S/c1-17-2-3-19(28-17)14-25-15-20(22(16-25)7-12-27-13-8-22)21(26)24-11-6-18-4-9-23-10-5-18/h2-5,9-10,20H,6-8,11-16H2,1H3,(H,24,26)/t20-/m1/s1. The second-order valence-corrected chi connectivity index (χ2v) is 9.48. The number of ether oxygens (including phenoxy) is 1. The van der Waals surface area contributed by atoms with Crippen LogP contribution >= 0.6 is 11.3 Å². The van der Waals surface area contributed by atoms with Gasteiger partial charge in [0.15, 0.2) is 0 Å². The van der Waals surface area contributed by atoms with E-state index in [1.807, 2.05) is 23.5 Å². The van der Waals surface area contributed by atoms with E-state index in [9.17, 15) is 4.79 Å². The Bertz CT molecular complexity index is 786. The van der Waals surface area contributed by atoms with E-state index in [2.05, 4.69) is 34.3 Å². The fourth-order valence-corrected chi connectivity index (χ4v) is 5.56. The average Bonchev–Trinajstić information content (AvgIpc) is 3.26. The number of hydrogen-bond acceptors (Lipinski definition) is 5. The predicted molar refractivity (Wildman–Crippen MR) is 111 cm³/mol. The van der Waals surface area contributed by atoms with Gasteiger partial charge in [-0.25, -0.2) is 0 Å². The zero-order valence-electron chi connectivity index (χ0n) is 16.5. The van der Waals surface area contributed by atoms with Crippen molar-refractivity contribution in [3.63, 3.8) is 0 Å². The molecule has 2 aliphatic rings. The SMILES string of the molecule is Cc1ccc(CN2C[C@H](C(=O)NCCc3ccncc3)C3(CCOCC3)C2)s1. The summed E-state index contributed by atoms with van der Waals surface area (Å²) in [5.74, 6) is 0.260. The third kappa shape index (κ3) is 4.45. The van der Waals surface area contributed by atoms with Crippen LogP contribution in [0.25, 0.3) is 0 Å². The number of pyridine rings is 1. The fraction of sp³-hybridized carbons (Fsp3) is 0.545. The van der Waals surface area contributed by atoms with E-state index < -0.39 is 0 Å². The van der Waals surface area contributed by atoms with Gasteiger partial charge in [-0.05, 0) is 56.0 Å². The highest BCUT2D eigenvalue weighted by molar-refractivity contribution is 7.11. The summed E-state index contributed by atoms with van der Waals surface area (Å²) in [5, 5.41) is 3.21. The summed E-state index contributed by atoms with van der Waals surface area (Å²) in [5.41, 5.74) is 1.27. The smallest absolute Gasteiger partial charge is 0.225 e. The molecule has 2 aromatic rings. The minimum Gasteiger partial charge on any atom is -0.381 e. The van der Waals surface area contributed by atoms with Crippen molar-refractivity contribution >= 4 is 17.2 Å². The number of nitrogens with one attached hydrogen (secondary N) is 1. The highest BCUT2D eigenvalue weighted by atomic mass is 32.1. The van der Waals surface area contributed by atoms with Gasteiger partial charge in [0.1, 0.15) is 0 Å². The molecule has 1 atom stereocenters. The molecule has 2 aromatic heterocycles. The van der Waals surface area contributed by atoms with E-state index in [-0.39, 0.29) is 17.2 Å². The fourth-order valence-electron chi connectivity index (χ4n) is 4.63. The van der Waals surface area contributed by atoms with E-state index in [0.717, 1.165) is 52.1 Å². The molecule has 5 nitrogen and oxygen atoms in total. The molecule has 0 aromatic carbocycles. The molecule has 150 valence electrons. The van der Waals surface area contributed by atoms with Crippen molar-refractivity contribution in [2.75, 3.05) is 32.8 Å². The average molecular weight is 400 g/mol. The molecule has 4 rings (SSSR count). The molecular formula is C22H29N3O2S. The monoisotopic (exact) mass is 399 g/mol. The first-order chi connectivity index (χ1) is 13.6. The van der Waals surface area contributed by atoms with Crippen molar-refractivity contribution in [1.29, 1.82) is 0 Å². The van der Waals surface area contributed by atoms with E-state index >= 15 is 0 Å². The van der Waals surface area contributed by atoms with E-state index in [4.69, 9.17) is 4.74 Å². The van der Waals surface area contributed by atoms with Crippen LogP contribution in [0.15, 0.2) is 36.7 Å². The Balaban J connectivity index is 1.39. The predicted octanol–water partition coefficient (Wildman–Crippen LogP) is 3.04. The molecular weight excluding hydrogens is 370 g/mol. The first-order valence-corrected chi connectivity index (χ1v) is 11.0. The van der Waals surface area contributed by atoms with Crippen LogP contribution < -0.4 is 5.32 Å². The third-order valence-electron chi connectivity index (χ3n) is 6.16. The maximum atomic E-state index is 13.1.